The van der Waals surface area contributed by atoms with E-state index >= 15 is 0 Å². The molecule has 0 spiro atoms. The van der Waals surface area contributed by atoms with Gasteiger partial charge in [0.15, 0.2) is 0 Å². The van der Waals surface area contributed by atoms with E-state index < -0.39 is 6.04 Å². The lowest BCUT2D eigenvalue weighted by Gasteiger charge is -2.28. The van der Waals surface area contributed by atoms with E-state index in [1.54, 1.807) is 19.2 Å². The molecule has 9 heteroatoms. The highest BCUT2D eigenvalue weighted by Gasteiger charge is 2.27. The summed E-state index contributed by atoms with van der Waals surface area (Å²) in [6.07, 6.45) is 2.37. The minimum Gasteiger partial charge on any atom is -0.492 e. The van der Waals surface area contributed by atoms with Crippen LogP contribution in [-0.2, 0) is 20.8 Å². The zero-order chi connectivity index (χ0) is 29.9. The highest BCUT2D eigenvalue weighted by molar-refractivity contribution is 5.89. The molecule has 0 aromatic heterocycles. The number of likely N-dealkylation sites (N-methyl/N-ethyl adjacent to an activating group) is 1. The second-order valence-electron chi connectivity index (χ2n) is 9.49. The predicted octanol–water partition coefficient (Wildman–Crippen LogP) is 3.87. The van der Waals surface area contributed by atoms with Gasteiger partial charge in [-0.25, -0.2) is 4.39 Å². The minimum atomic E-state index is -0.408. The smallest absolute Gasteiger partial charge is 0.240 e. The van der Waals surface area contributed by atoms with Gasteiger partial charge in [-0.05, 0) is 49.4 Å². The van der Waals surface area contributed by atoms with Crippen LogP contribution in [0.2, 0.25) is 0 Å². The summed E-state index contributed by atoms with van der Waals surface area (Å²) in [7, 11) is 1.60. The van der Waals surface area contributed by atoms with Crippen molar-refractivity contribution in [2.24, 2.45) is 5.92 Å². The number of ether oxygens (including phenoxy) is 1. The van der Waals surface area contributed by atoms with E-state index in [0.717, 1.165) is 36.1 Å². The van der Waals surface area contributed by atoms with Crippen molar-refractivity contribution >= 4 is 17.7 Å². The molecule has 3 N–H and O–H groups in total. The Bertz CT molecular complexity index is 1010. The molecule has 2 atom stereocenters. The van der Waals surface area contributed by atoms with Gasteiger partial charge in [0.05, 0.1) is 19.1 Å². The summed E-state index contributed by atoms with van der Waals surface area (Å²) in [6, 6.07) is 13.8. The van der Waals surface area contributed by atoms with E-state index in [1.807, 2.05) is 58.9 Å². The Morgan fingerprint density at radius 2 is 1.68 bits per heavy atom. The zero-order valence-corrected chi connectivity index (χ0v) is 24.9. The first kappa shape index (κ1) is 34.6. The molecule has 3 amide bonds. The molecule has 3 rings (SSSR count). The number of rotatable bonds is 2. The Balaban J connectivity index is 0.000000675. The van der Waals surface area contributed by atoms with Crippen LogP contribution in [0.15, 0.2) is 48.5 Å². The van der Waals surface area contributed by atoms with Gasteiger partial charge in [0.2, 0.25) is 17.7 Å². The number of hydrogen-bond acceptors (Lipinski definition) is 5. The zero-order valence-electron chi connectivity index (χ0n) is 24.9. The van der Waals surface area contributed by atoms with Crippen molar-refractivity contribution in [2.45, 2.75) is 59.9 Å². The second-order valence-corrected chi connectivity index (χ2v) is 9.49. The highest BCUT2D eigenvalue weighted by atomic mass is 19.1. The number of nitrogens with one attached hydrogen (secondary N) is 3. The third kappa shape index (κ3) is 13.1. The molecule has 0 radical (unpaired) electrons. The number of benzene rings is 2. The number of carbonyl (C=O) groups excluding carboxylic acids is 3. The Hall–Kier alpha value is -3.46. The number of amides is 3. The first-order valence-corrected chi connectivity index (χ1v) is 14.2. The molecule has 1 aliphatic rings. The van der Waals surface area contributed by atoms with Crippen molar-refractivity contribution in [3.8, 4) is 5.75 Å². The lowest BCUT2D eigenvalue weighted by atomic mass is 9.98. The Morgan fingerprint density at radius 1 is 1.00 bits per heavy atom. The van der Waals surface area contributed by atoms with Gasteiger partial charge in [0, 0.05) is 20.1 Å². The molecule has 0 saturated heterocycles. The molecule has 40 heavy (non-hydrogen) atoms. The fourth-order valence-corrected chi connectivity index (χ4v) is 3.86. The summed E-state index contributed by atoms with van der Waals surface area (Å²) in [6.45, 7) is 11.2. The normalized spacial score (nSPS) is 18.0. The van der Waals surface area contributed by atoms with E-state index in [1.165, 1.54) is 17.0 Å². The van der Waals surface area contributed by atoms with Gasteiger partial charge < -0.3 is 25.6 Å². The summed E-state index contributed by atoms with van der Waals surface area (Å²) in [5.41, 5.74) is 2.17. The molecule has 1 heterocycles. The SMILES string of the molecule is CC.CCC(C)C1NCCOc2ccccc2CCCNC(=O)CNC(=O)CN(C)C1=O.Cc1ccc(F)cc1. The average Bonchev–Trinajstić information content (AvgIpc) is 2.96. The van der Waals surface area contributed by atoms with Crippen LogP contribution in [0.5, 0.6) is 5.75 Å². The number of carbonyl (C=O) groups is 3. The number of aryl methyl sites for hydroxylation is 2. The van der Waals surface area contributed by atoms with E-state index in [2.05, 4.69) is 16.0 Å². The predicted molar refractivity (Wildman–Crippen MR) is 158 cm³/mol. The average molecular weight is 559 g/mol. The van der Waals surface area contributed by atoms with Crippen LogP contribution >= 0.6 is 0 Å². The molecule has 2 unspecified atom stereocenters. The number of hydrogen-bond donors (Lipinski definition) is 3. The topological polar surface area (TPSA) is 99.8 Å². The summed E-state index contributed by atoms with van der Waals surface area (Å²) >= 11 is 0. The fourth-order valence-electron chi connectivity index (χ4n) is 3.86. The number of halogens is 1. The van der Waals surface area contributed by atoms with Crippen molar-refractivity contribution < 1.29 is 23.5 Å². The summed E-state index contributed by atoms with van der Waals surface area (Å²) in [5.74, 6) is -0.000289. The van der Waals surface area contributed by atoms with Gasteiger partial charge in [0.25, 0.3) is 0 Å². The number of para-hydroxylation sites is 1. The molecule has 8 nitrogen and oxygen atoms in total. The molecule has 0 bridgehead atoms. The maximum atomic E-state index is 12.9. The van der Waals surface area contributed by atoms with Gasteiger partial charge in [-0.3, -0.25) is 14.4 Å². The van der Waals surface area contributed by atoms with Gasteiger partial charge >= 0.3 is 0 Å². The highest BCUT2D eigenvalue weighted by Crippen LogP contribution is 2.19. The lowest BCUT2D eigenvalue weighted by molar-refractivity contribution is -0.137. The first-order chi connectivity index (χ1) is 19.2. The molecule has 0 fully saturated rings. The van der Waals surface area contributed by atoms with E-state index in [9.17, 15) is 18.8 Å². The molecule has 0 aliphatic carbocycles. The molecule has 2 aromatic rings. The summed E-state index contributed by atoms with van der Waals surface area (Å²) in [5, 5.41) is 8.67. The second kappa shape index (κ2) is 19.6. The first-order valence-electron chi connectivity index (χ1n) is 14.2. The maximum Gasteiger partial charge on any atom is 0.240 e. The third-order valence-electron chi connectivity index (χ3n) is 6.33. The monoisotopic (exact) mass is 558 g/mol. The van der Waals surface area contributed by atoms with Crippen molar-refractivity contribution in [3.05, 3.63) is 65.5 Å². The van der Waals surface area contributed by atoms with E-state index in [0.29, 0.717) is 19.7 Å². The van der Waals surface area contributed by atoms with Crippen molar-refractivity contribution in [2.75, 3.05) is 39.8 Å². The van der Waals surface area contributed by atoms with Crippen LogP contribution in [-0.4, -0.2) is 68.5 Å². The number of nitrogens with zero attached hydrogens (tertiary/aromatic N) is 1. The Kier molecular flexibility index (Phi) is 16.9. The van der Waals surface area contributed by atoms with Crippen molar-refractivity contribution in [1.29, 1.82) is 0 Å². The van der Waals surface area contributed by atoms with Crippen LogP contribution in [0.4, 0.5) is 4.39 Å². The van der Waals surface area contributed by atoms with Crippen molar-refractivity contribution in [3.63, 3.8) is 0 Å². The van der Waals surface area contributed by atoms with Crippen LogP contribution in [0.1, 0.15) is 51.7 Å². The van der Waals surface area contributed by atoms with Gasteiger partial charge in [-0.2, -0.15) is 0 Å². The molecule has 0 saturated carbocycles. The Labute approximate surface area is 239 Å². The van der Waals surface area contributed by atoms with E-state index in [-0.39, 0.29) is 42.5 Å². The molecular weight excluding hydrogens is 511 g/mol. The number of fused-ring (bicyclic) bond motifs is 1. The van der Waals surface area contributed by atoms with Crippen LogP contribution in [0.25, 0.3) is 0 Å². The van der Waals surface area contributed by atoms with Gasteiger partial charge in [-0.1, -0.05) is 70.0 Å². The molecular formula is C31H47FN4O4. The summed E-state index contributed by atoms with van der Waals surface area (Å²) in [4.78, 5) is 38.4. The standard InChI is InChI=1S/C22H34N4O4.C7H7F.C2H6/c1-4-16(2)21-22(29)26(3)15-20(28)25-14-19(27)23-11-7-9-17-8-5-6-10-18(17)30-13-12-24-21;1-6-2-4-7(8)5-3-6;1-2/h5-6,8,10,16,21,24H,4,7,9,11-15H2,1-3H3,(H,23,27)(H,25,28);2-5H,1H3;1-2H3. The Morgan fingerprint density at radius 3 is 2.33 bits per heavy atom. The lowest BCUT2D eigenvalue weighted by Crippen LogP contribution is -2.52. The third-order valence-corrected chi connectivity index (χ3v) is 6.33. The van der Waals surface area contributed by atoms with Crippen LogP contribution in [0, 0.1) is 18.7 Å². The molecule has 2 aromatic carbocycles. The maximum absolute atomic E-state index is 12.9. The quantitative estimate of drug-likeness (QED) is 0.520. The minimum absolute atomic E-state index is 0.0927. The van der Waals surface area contributed by atoms with Gasteiger partial charge in [-0.15, -0.1) is 0 Å². The summed E-state index contributed by atoms with van der Waals surface area (Å²) < 4.78 is 18.0. The van der Waals surface area contributed by atoms with E-state index in [4.69, 9.17) is 4.74 Å². The van der Waals surface area contributed by atoms with Crippen molar-refractivity contribution in [1.82, 2.24) is 20.9 Å². The molecule has 1 aliphatic heterocycles. The van der Waals surface area contributed by atoms with Gasteiger partial charge in [0.1, 0.15) is 18.2 Å². The molecule has 222 valence electrons. The van der Waals surface area contributed by atoms with Crippen LogP contribution in [0.3, 0.4) is 0 Å². The van der Waals surface area contributed by atoms with Crippen LogP contribution < -0.4 is 20.7 Å². The largest absolute Gasteiger partial charge is 0.492 e. The fraction of sp³-hybridized carbons (Fsp3) is 0.516.